The molecule has 1 aromatic heterocycles. The number of imide groups is 1. The molecule has 3 aliphatic rings. The van der Waals surface area contributed by atoms with Gasteiger partial charge in [0.25, 0.3) is 5.91 Å². The molecule has 1 aliphatic heterocycles. The highest BCUT2D eigenvalue weighted by atomic mass is 35.5. The van der Waals surface area contributed by atoms with Crippen LogP contribution in [-0.2, 0) is 16.9 Å². The Labute approximate surface area is 152 Å². The Bertz CT molecular complexity index is 664. The van der Waals surface area contributed by atoms with Crippen LogP contribution >= 0.6 is 12.4 Å². The predicted octanol–water partition coefficient (Wildman–Crippen LogP) is 1.97. The number of carbonyl (C=O) groups is 2. The van der Waals surface area contributed by atoms with Gasteiger partial charge in [-0.2, -0.15) is 4.98 Å². The Hall–Kier alpha value is -1.67. The highest BCUT2D eigenvalue weighted by Crippen LogP contribution is 2.36. The van der Waals surface area contributed by atoms with Crippen molar-refractivity contribution in [3.05, 3.63) is 11.7 Å². The third-order valence-corrected chi connectivity index (χ3v) is 5.66. The first-order chi connectivity index (χ1) is 11.5. The Morgan fingerprint density at radius 3 is 2.40 bits per heavy atom. The topological polar surface area (TPSA) is 114 Å². The lowest BCUT2D eigenvalue weighted by Crippen LogP contribution is -2.48. The van der Waals surface area contributed by atoms with Crippen molar-refractivity contribution in [3.63, 3.8) is 0 Å². The number of nitrogens with two attached hydrogens (primary N) is 1. The van der Waals surface area contributed by atoms with Crippen LogP contribution in [0.2, 0.25) is 0 Å². The average molecular weight is 370 g/mol. The van der Waals surface area contributed by atoms with Gasteiger partial charge < -0.3 is 15.6 Å². The molecular weight excluding hydrogens is 346 g/mol. The monoisotopic (exact) mass is 369 g/mol. The minimum Gasteiger partial charge on any atom is -0.337 e. The molecule has 1 saturated heterocycles. The third-order valence-electron chi connectivity index (χ3n) is 5.66. The van der Waals surface area contributed by atoms with E-state index in [1.165, 1.54) is 4.90 Å². The Kier molecular flexibility index (Phi) is 4.76. The maximum Gasteiger partial charge on any atom is 0.325 e. The molecule has 3 amide bonds. The van der Waals surface area contributed by atoms with Crippen LogP contribution in [0.3, 0.4) is 0 Å². The van der Waals surface area contributed by atoms with Crippen LogP contribution in [0.1, 0.15) is 69.5 Å². The number of hydrogen-bond acceptors (Lipinski definition) is 6. The van der Waals surface area contributed by atoms with Crippen LogP contribution in [0.5, 0.6) is 0 Å². The van der Waals surface area contributed by atoms with E-state index in [4.69, 9.17) is 10.3 Å². The van der Waals surface area contributed by atoms with Gasteiger partial charge in [0, 0.05) is 0 Å². The zero-order valence-corrected chi connectivity index (χ0v) is 14.9. The van der Waals surface area contributed by atoms with E-state index in [-0.39, 0.29) is 36.8 Å². The van der Waals surface area contributed by atoms with Crippen LogP contribution in [0, 0.1) is 0 Å². The number of hydrogen-bond donors (Lipinski definition) is 2. The van der Waals surface area contributed by atoms with Crippen molar-refractivity contribution >= 4 is 24.3 Å². The van der Waals surface area contributed by atoms with Crippen molar-refractivity contribution in [3.8, 4) is 0 Å². The largest absolute Gasteiger partial charge is 0.337 e. The number of halogens is 1. The summed E-state index contributed by atoms with van der Waals surface area (Å²) in [6.07, 6.45) is 8.20. The SMILES string of the molecule is Cl.NC1(c2noc(CN3C(=O)NC4(CCCCC4)C3=O)n2)CCCC1. The average Bonchev–Trinajstić information content (AvgIpc) is 3.26. The fourth-order valence-electron chi connectivity index (χ4n) is 4.20. The highest BCUT2D eigenvalue weighted by Gasteiger charge is 2.51. The van der Waals surface area contributed by atoms with E-state index >= 15 is 0 Å². The van der Waals surface area contributed by atoms with E-state index in [0.29, 0.717) is 18.7 Å². The molecule has 2 saturated carbocycles. The van der Waals surface area contributed by atoms with Gasteiger partial charge in [0.1, 0.15) is 12.1 Å². The first-order valence-electron chi connectivity index (χ1n) is 8.79. The van der Waals surface area contributed by atoms with Crippen molar-refractivity contribution in [1.82, 2.24) is 20.4 Å². The summed E-state index contributed by atoms with van der Waals surface area (Å²) in [6.45, 7) is 0.00942. The van der Waals surface area contributed by atoms with Gasteiger partial charge in [-0.15, -0.1) is 12.4 Å². The molecule has 0 radical (unpaired) electrons. The molecule has 0 bridgehead atoms. The molecule has 138 valence electrons. The number of urea groups is 1. The quantitative estimate of drug-likeness (QED) is 0.787. The smallest absolute Gasteiger partial charge is 0.325 e. The number of nitrogens with one attached hydrogen (secondary N) is 1. The van der Waals surface area contributed by atoms with E-state index in [2.05, 4.69) is 15.5 Å². The number of rotatable bonds is 3. The zero-order chi connectivity index (χ0) is 16.8. The second-order valence-electron chi connectivity index (χ2n) is 7.34. The first kappa shape index (κ1) is 18.1. The summed E-state index contributed by atoms with van der Waals surface area (Å²) in [5.74, 6) is 0.572. The Morgan fingerprint density at radius 2 is 1.72 bits per heavy atom. The summed E-state index contributed by atoms with van der Waals surface area (Å²) in [7, 11) is 0. The van der Waals surface area contributed by atoms with E-state index < -0.39 is 11.1 Å². The molecule has 0 atom stereocenters. The third kappa shape index (κ3) is 3.01. The summed E-state index contributed by atoms with van der Waals surface area (Å²) >= 11 is 0. The molecule has 1 aromatic rings. The minimum atomic E-state index is -0.723. The van der Waals surface area contributed by atoms with Gasteiger partial charge in [-0.3, -0.25) is 9.69 Å². The van der Waals surface area contributed by atoms with Crippen LogP contribution in [-0.4, -0.2) is 32.5 Å². The molecule has 25 heavy (non-hydrogen) atoms. The molecule has 3 N–H and O–H groups in total. The molecule has 0 unspecified atom stereocenters. The molecule has 1 spiro atoms. The predicted molar refractivity (Wildman–Crippen MR) is 90.8 cm³/mol. The summed E-state index contributed by atoms with van der Waals surface area (Å²) in [4.78, 5) is 30.6. The lowest BCUT2D eigenvalue weighted by Gasteiger charge is -2.30. The Morgan fingerprint density at radius 1 is 1.08 bits per heavy atom. The van der Waals surface area contributed by atoms with E-state index in [1.54, 1.807) is 0 Å². The van der Waals surface area contributed by atoms with Gasteiger partial charge in [0.05, 0.1) is 5.54 Å². The zero-order valence-electron chi connectivity index (χ0n) is 14.1. The van der Waals surface area contributed by atoms with Crippen molar-refractivity contribution < 1.29 is 14.1 Å². The van der Waals surface area contributed by atoms with Gasteiger partial charge in [0.15, 0.2) is 5.82 Å². The van der Waals surface area contributed by atoms with E-state index in [9.17, 15) is 9.59 Å². The van der Waals surface area contributed by atoms with Crippen molar-refractivity contribution in [2.24, 2.45) is 5.73 Å². The fourth-order valence-corrected chi connectivity index (χ4v) is 4.20. The van der Waals surface area contributed by atoms with Gasteiger partial charge in [-0.05, 0) is 25.7 Å². The first-order valence-corrected chi connectivity index (χ1v) is 8.79. The second kappa shape index (κ2) is 6.57. The molecule has 0 aromatic carbocycles. The molecule has 3 fully saturated rings. The standard InChI is InChI=1S/C16H23N5O3.ClH/c17-15(6-4-5-7-15)12-18-11(24-20-12)10-21-13(22)16(19-14(21)23)8-2-1-3-9-16;/h1-10,17H2,(H,19,23);1H. The van der Waals surface area contributed by atoms with Gasteiger partial charge in [0.2, 0.25) is 5.89 Å². The van der Waals surface area contributed by atoms with Crippen LogP contribution in [0.25, 0.3) is 0 Å². The maximum atomic E-state index is 12.8. The molecule has 4 rings (SSSR count). The normalized spacial score (nSPS) is 24.4. The maximum absolute atomic E-state index is 12.8. The number of nitrogens with zero attached hydrogens (tertiary/aromatic N) is 3. The fraction of sp³-hybridized carbons (Fsp3) is 0.750. The molecule has 8 nitrogen and oxygen atoms in total. The summed E-state index contributed by atoms with van der Waals surface area (Å²) in [6, 6.07) is -0.370. The minimum absolute atomic E-state index is 0. The van der Waals surface area contributed by atoms with Crippen molar-refractivity contribution in [2.45, 2.75) is 75.4 Å². The Balaban J connectivity index is 0.00000182. The van der Waals surface area contributed by atoms with Crippen LogP contribution < -0.4 is 11.1 Å². The molecule has 9 heteroatoms. The van der Waals surface area contributed by atoms with E-state index in [1.807, 2.05) is 0 Å². The van der Waals surface area contributed by atoms with E-state index in [0.717, 1.165) is 44.9 Å². The van der Waals surface area contributed by atoms with Gasteiger partial charge >= 0.3 is 6.03 Å². The number of carbonyl (C=O) groups excluding carboxylic acids is 2. The summed E-state index contributed by atoms with van der Waals surface area (Å²) < 4.78 is 5.26. The molecule has 2 heterocycles. The summed E-state index contributed by atoms with van der Waals surface area (Å²) in [5, 5.41) is 6.87. The molecule has 2 aliphatic carbocycles. The van der Waals surface area contributed by atoms with Crippen LogP contribution in [0.15, 0.2) is 4.52 Å². The van der Waals surface area contributed by atoms with Gasteiger partial charge in [-0.25, -0.2) is 4.79 Å². The van der Waals surface area contributed by atoms with Crippen molar-refractivity contribution in [2.75, 3.05) is 0 Å². The summed E-state index contributed by atoms with van der Waals surface area (Å²) in [5.41, 5.74) is 5.06. The molecular formula is C16H24ClN5O3. The second-order valence-corrected chi connectivity index (χ2v) is 7.34. The van der Waals surface area contributed by atoms with Gasteiger partial charge in [-0.1, -0.05) is 37.3 Å². The lowest BCUT2D eigenvalue weighted by molar-refractivity contribution is -0.133. The highest BCUT2D eigenvalue weighted by molar-refractivity contribution is 6.06. The number of aromatic nitrogens is 2. The van der Waals surface area contributed by atoms with Crippen molar-refractivity contribution in [1.29, 1.82) is 0 Å². The van der Waals surface area contributed by atoms with Crippen LogP contribution in [0.4, 0.5) is 4.79 Å². The number of amides is 3. The lowest BCUT2D eigenvalue weighted by atomic mass is 9.82.